The van der Waals surface area contributed by atoms with Crippen LogP contribution in [0.4, 0.5) is 17.1 Å². The van der Waals surface area contributed by atoms with E-state index in [1.54, 1.807) is 0 Å². The van der Waals surface area contributed by atoms with Crippen LogP contribution in [0.5, 0.6) is 0 Å². The lowest BCUT2D eigenvalue weighted by Crippen LogP contribution is -2.45. The van der Waals surface area contributed by atoms with Crippen molar-refractivity contribution in [2.75, 3.05) is 4.90 Å². The molecule has 0 amide bonds. The van der Waals surface area contributed by atoms with Gasteiger partial charge >= 0.3 is 0 Å². The molecule has 219 valence electrons. The van der Waals surface area contributed by atoms with E-state index in [-0.39, 0.29) is 5.41 Å². The first kappa shape index (κ1) is 25.8. The average Bonchev–Trinajstić information content (AvgIpc) is 3.68. The molecule has 11 rings (SSSR count). The van der Waals surface area contributed by atoms with Crippen LogP contribution in [-0.4, -0.2) is 12.3 Å². The molecule has 0 aliphatic carbocycles. The Balaban J connectivity index is 1.31. The van der Waals surface area contributed by atoms with Gasteiger partial charge < -0.3 is 9.88 Å². The largest absolute Gasteiger partial charge is 0.353 e. The minimum atomic E-state index is -0.107. The lowest BCUT2D eigenvalue weighted by atomic mass is 9.56. The second kappa shape index (κ2) is 8.93. The molecule has 0 fully saturated rings. The second-order valence-corrected chi connectivity index (χ2v) is 14.6. The van der Waals surface area contributed by atoms with Gasteiger partial charge in [-0.1, -0.05) is 129 Å². The predicted octanol–water partition coefficient (Wildman–Crippen LogP) is 10.6. The number of benzene rings is 7. The number of nitrogens with one attached hydrogen (secondary N) is 1. The number of fused-ring (bicyclic) bond motifs is 12. The summed E-state index contributed by atoms with van der Waals surface area (Å²) in [5.41, 5.74) is 14.0. The van der Waals surface area contributed by atoms with Crippen LogP contribution in [0.15, 0.2) is 127 Å². The maximum absolute atomic E-state index is 3.96. The van der Waals surface area contributed by atoms with Gasteiger partial charge in [-0.25, -0.2) is 0 Å². The van der Waals surface area contributed by atoms with Crippen molar-refractivity contribution in [1.82, 2.24) is 4.98 Å². The number of rotatable bonds is 1. The van der Waals surface area contributed by atoms with Crippen molar-refractivity contribution in [1.29, 1.82) is 0 Å². The monoisotopic (exact) mass is 615 g/mol. The Kier molecular flexibility index (Phi) is 4.91. The van der Waals surface area contributed by atoms with Crippen molar-refractivity contribution in [3.8, 4) is 11.1 Å². The van der Waals surface area contributed by atoms with Crippen molar-refractivity contribution < 1.29 is 0 Å². The number of aromatic nitrogens is 1. The van der Waals surface area contributed by atoms with Crippen molar-refractivity contribution in [3.63, 3.8) is 0 Å². The number of thiophene rings is 1. The summed E-state index contributed by atoms with van der Waals surface area (Å²) in [7, 11) is 2.46. The zero-order chi connectivity index (χ0) is 31.0. The summed E-state index contributed by atoms with van der Waals surface area (Å²) in [4.78, 5) is 6.53. The number of hydrogen-bond donors (Lipinski definition) is 1. The molecule has 9 aromatic rings. The summed E-state index contributed by atoms with van der Waals surface area (Å²) in [6, 6.07) is 47.3. The molecule has 47 heavy (non-hydrogen) atoms. The van der Waals surface area contributed by atoms with E-state index in [0.717, 1.165) is 0 Å². The van der Waals surface area contributed by atoms with E-state index in [4.69, 9.17) is 0 Å². The first-order valence-electron chi connectivity index (χ1n) is 16.4. The van der Waals surface area contributed by atoms with Gasteiger partial charge in [0.15, 0.2) is 7.28 Å². The SMILES string of the molecule is CC1(C)c2ccccc2N2c3cc4c(sc5ccccc54)c(-c4cccc5c4[nH]c4c6ccccc6ccc54)c3[B]c3cccc1c32. The van der Waals surface area contributed by atoms with E-state index in [1.807, 2.05) is 11.3 Å². The third-order valence-electron chi connectivity index (χ3n) is 10.8. The predicted molar refractivity (Wildman–Crippen MR) is 203 cm³/mol. The topological polar surface area (TPSA) is 19.0 Å². The lowest BCUT2D eigenvalue weighted by molar-refractivity contribution is 0.632. The lowest BCUT2D eigenvalue weighted by Gasteiger charge is -2.46. The smallest absolute Gasteiger partial charge is 0.197 e. The molecule has 0 atom stereocenters. The van der Waals surface area contributed by atoms with Crippen LogP contribution in [0, 0.1) is 0 Å². The van der Waals surface area contributed by atoms with Crippen LogP contribution < -0.4 is 15.8 Å². The Hall–Kier alpha value is -5.32. The van der Waals surface area contributed by atoms with Crippen molar-refractivity contribution in [2.24, 2.45) is 0 Å². The summed E-state index contributed by atoms with van der Waals surface area (Å²) in [5.74, 6) is 0. The molecule has 0 unspecified atom stereocenters. The highest BCUT2D eigenvalue weighted by Crippen LogP contribution is 2.54. The molecule has 0 spiro atoms. The Labute approximate surface area is 277 Å². The highest BCUT2D eigenvalue weighted by atomic mass is 32.1. The van der Waals surface area contributed by atoms with E-state index in [0.29, 0.717) is 0 Å². The molecule has 1 radical (unpaired) electrons. The number of hydrogen-bond acceptors (Lipinski definition) is 2. The standard InChI is InChI=1S/C43H28BN2S/c1-43(2)31-16-6-7-19-34(31)46-35-23-30-26-13-5-8-20-36(26)47-42(30)37(38(35)44-33-18-10-17-32(43)41(33)46)29-15-9-14-27-28-22-21-24-11-3-4-12-25(24)39(28)45-40(27)29/h3-23,45H,1-2H3. The highest BCUT2D eigenvalue weighted by molar-refractivity contribution is 7.26. The van der Waals surface area contributed by atoms with Crippen LogP contribution >= 0.6 is 11.3 Å². The van der Waals surface area contributed by atoms with Gasteiger partial charge in [-0.3, -0.25) is 0 Å². The van der Waals surface area contributed by atoms with Gasteiger partial charge in [0.2, 0.25) is 0 Å². The number of H-pyrrole nitrogens is 1. The van der Waals surface area contributed by atoms with Gasteiger partial charge in [0.25, 0.3) is 0 Å². The molecule has 4 heterocycles. The van der Waals surface area contributed by atoms with Crippen molar-refractivity contribution >= 4 is 99.4 Å². The van der Waals surface area contributed by atoms with E-state index in [2.05, 4.69) is 158 Å². The molecule has 0 saturated carbocycles. The fraction of sp³-hybridized carbons (Fsp3) is 0.0698. The van der Waals surface area contributed by atoms with E-state index < -0.39 is 0 Å². The van der Waals surface area contributed by atoms with Crippen LogP contribution in [0.25, 0.3) is 63.9 Å². The van der Waals surface area contributed by atoms with Gasteiger partial charge in [0.05, 0.1) is 16.7 Å². The average molecular weight is 616 g/mol. The molecule has 4 heteroatoms. The number of para-hydroxylation sites is 3. The van der Waals surface area contributed by atoms with Crippen molar-refractivity contribution in [3.05, 3.63) is 139 Å². The van der Waals surface area contributed by atoms with Gasteiger partial charge in [-0.15, -0.1) is 11.3 Å². The normalized spacial score (nSPS) is 14.5. The minimum Gasteiger partial charge on any atom is -0.353 e. The Bertz CT molecular complexity index is 2820. The van der Waals surface area contributed by atoms with Gasteiger partial charge in [0, 0.05) is 58.7 Å². The quantitative estimate of drug-likeness (QED) is 0.182. The molecule has 1 N–H and O–H groups in total. The Morgan fingerprint density at radius 1 is 0.617 bits per heavy atom. The van der Waals surface area contributed by atoms with Crippen LogP contribution in [0.1, 0.15) is 25.0 Å². The van der Waals surface area contributed by atoms with E-state index in [1.165, 1.54) is 103 Å². The fourth-order valence-corrected chi connectivity index (χ4v) is 9.89. The van der Waals surface area contributed by atoms with Gasteiger partial charge in [-0.2, -0.15) is 0 Å². The third kappa shape index (κ3) is 3.26. The first-order valence-corrected chi connectivity index (χ1v) is 17.2. The van der Waals surface area contributed by atoms with E-state index in [9.17, 15) is 0 Å². The maximum atomic E-state index is 3.96. The molecule has 0 saturated heterocycles. The van der Waals surface area contributed by atoms with Crippen LogP contribution in [0.3, 0.4) is 0 Å². The second-order valence-electron chi connectivity index (χ2n) is 13.6. The number of anilines is 3. The molecular formula is C43H28BN2S. The highest BCUT2D eigenvalue weighted by Gasteiger charge is 2.41. The number of aromatic amines is 1. The molecule has 0 bridgehead atoms. The molecule has 2 aliphatic heterocycles. The zero-order valence-electron chi connectivity index (χ0n) is 26.1. The Morgan fingerprint density at radius 3 is 2.30 bits per heavy atom. The van der Waals surface area contributed by atoms with E-state index >= 15 is 0 Å². The Morgan fingerprint density at radius 2 is 1.36 bits per heavy atom. The van der Waals surface area contributed by atoms with Crippen molar-refractivity contribution in [2.45, 2.75) is 19.3 Å². The number of nitrogens with zero attached hydrogens (tertiary/aromatic N) is 1. The maximum Gasteiger partial charge on any atom is 0.197 e. The van der Waals surface area contributed by atoms with Gasteiger partial charge in [-0.05, 0) is 45.7 Å². The van der Waals surface area contributed by atoms with Crippen LogP contribution in [-0.2, 0) is 5.41 Å². The van der Waals surface area contributed by atoms with Gasteiger partial charge in [0.1, 0.15) is 0 Å². The summed E-state index contributed by atoms with van der Waals surface area (Å²) < 4.78 is 2.65. The zero-order valence-corrected chi connectivity index (χ0v) is 26.9. The third-order valence-corrected chi connectivity index (χ3v) is 12.0. The molecule has 7 aromatic carbocycles. The summed E-state index contributed by atoms with van der Waals surface area (Å²) >= 11 is 1.91. The fourth-order valence-electron chi connectivity index (χ4n) is 8.63. The molecule has 2 nitrogen and oxygen atoms in total. The summed E-state index contributed by atoms with van der Waals surface area (Å²) in [6.45, 7) is 4.74. The summed E-state index contributed by atoms with van der Waals surface area (Å²) in [6.07, 6.45) is 0. The van der Waals surface area contributed by atoms with Crippen LogP contribution in [0.2, 0.25) is 0 Å². The summed E-state index contributed by atoms with van der Waals surface area (Å²) in [5, 5.41) is 7.67. The molecular weight excluding hydrogens is 587 g/mol. The first-order chi connectivity index (χ1) is 23.1. The molecule has 2 aromatic heterocycles. The molecule has 2 aliphatic rings. The minimum absolute atomic E-state index is 0.107.